The van der Waals surface area contributed by atoms with E-state index in [4.69, 9.17) is 4.74 Å². The van der Waals surface area contributed by atoms with Crippen molar-refractivity contribution in [1.29, 1.82) is 0 Å². The number of carbonyl (C=O) groups excluding carboxylic acids is 1. The van der Waals surface area contributed by atoms with E-state index in [1.807, 2.05) is 20.8 Å². The second-order valence-corrected chi connectivity index (χ2v) is 18.0. The summed E-state index contributed by atoms with van der Waals surface area (Å²) in [5, 5.41) is 0. The Balaban J connectivity index is 4.08. The second-order valence-electron chi connectivity index (χ2n) is 12.4. The molecule has 0 saturated carbocycles. The average molecular weight is 543 g/mol. The molecule has 0 aliphatic rings. The van der Waals surface area contributed by atoms with Gasteiger partial charge in [-0.15, -0.1) is 5.54 Å². The molecular formula is C29H39F5O2Si. The Bertz CT molecular complexity index is 1100. The van der Waals surface area contributed by atoms with E-state index in [0.29, 0.717) is 0 Å². The molecule has 0 spiro atoms. The fourth-order valence-electron chi connectivity index (χ4n) is 4.49. The van der Waals surface area contributed by atoms with Gasteiger partial charge in [0, 0.05) is 10.8 Å². The Morgan fingerprint density at radius 3 is 1.38 bits per heavy atom. The number of rotatable bonds is 5. The lowest BCUT2D eigenvalue weighted by atomic mass is 9.76. The van der Waals surface area contributed by atoms with Crippen molar-refractivity contribution >= 4 is 14.0 Å². The van der Waals surface area contributed by atoms with Gasteiger partial charge in [-0.3, -0.25) is 0 Å². The molecule has 8 heteroatoms. The zero-order chi connectivity index (χ0) is 29.3. The first kappa shape index (κ1) is 32.7. The van der Waals surface area contributed by atoms with Gasteiger partial charge in [0.2, 0.25) is 11.4 Å². The number of benzene rings is 1. The molecule has 0 heterocycles. The Hall–Kier alpha value is -2.32. The summed E-state index contributed by atoms with van der Waals surface area (Å²) in [7, 11) is -2.41. The molecule has 1 aromatic carbocycles. The lowest BCUT2D eigenvalue weighted by molar-refractivity contribution is -0.0120. The number of ether oxygens (including phenoxy) is 1. The number of hydrogen-bond acceptors (Lipinski definition) is 2. The number of esters is 1. The molecule has 0 unspecified atom stereocenters. The van der Waals surface area contributed by atoms with Crippen LogP contribution in [0.4, 0.5) is 22.0 Å². The molecule has 0 aliphatic carbocycles. The van der Waals surface area contributed by atoms with Crippen molar-refractivity contribution in [2.24, 2.45) is 10.8 Å². The van der Waals surface area contributed by atoms with Crippen LogP contribution in [0, 0.1) is 63.2 Å². The topological polar surface area (TPSA) is 26.3 Å². The molecule has 0 bridgehead atoms. The Morgan fingerprint density at radius 2 is 1.05 bits per heavy atom. The van der Waals surface area contributed by atoms with E-state index in [0.717, 1.165) is 0 Å². The molecule has 1 aromatic rings. The van der Waals surface area contributed by atoms with Crippen molar-refractivity contribution in [3.63, 3.8) is 0 Å². The highest BCUT2D eigenvalue weighted by Crippen LogP contribution is 2.42. The van der Waals surface area contributed by atoms with Crippen molar-refractivity contribution in [2.75, 3.05) is 0 Å². The predicted octanol–water partition coefficient (Wildman–Crippen LogP) is 8.59. The van der Waals surface area contributed by atoms with Gasteiger partial charge in [0.15, 0.2) is 23.3 Å². The van der Waals surface area contributed by atoms with Gasteiger partial charge in [0.1, 0.15) is 13.6 Å². The highest BCUT2D eigenvalue weighted by atomic mass is 28.3. The fraction of sp³-hybridized carbons (Fsp3) is 0.621. The van der Waals surface area contributed by atoms with E-state index in [2.05, 4.69) is 64.8 Å². The van der Waals surface area contributed by atoms with Crippen molar-refractivity contribution in [2.45, 2.75) is 105 Å². The predicted molar refractivity (Wildman–Crippen MR) is 140 cm³/mol. The van der Waals surface area contributed by atoms with Crippen LogP contribution in [0.3, 0.4) is 0 Å². The summed E-state index contributed by atoms with van der Waals surface area (Å²) in [5.74, 6) is -4.05. The average Bonchev–Trinajstić information content (AvgIpc) is 2.72. The summed E-state index contributed by atoms with van der Waals surface area (Å²) in [6, 6.07) is 0. The minimum absolute atomic E-state index is 0.208. The van der Waals surface area contributed by atoms with Crippen LogP contribution < -0.4 is 0 Å². The summed E-state index contributed by atoms with van der Waals surface area (Å²) >= 11 is 0. The SMILES string of the molecule is CC(C)[Si](C#C[C@](C#CC(C)(C)C)(OC(=O)c1c(F)c(F)c(F)c(F)c1F)C(C)(C)C)(C(C)C)C(C)C. The Morgan fingerprint density at radius 1 is 0.676 bits per heavy atom. The number of halogens is 5. The minimum Gasteiger partial charge on any atom is -0.430 e. The van der Waals surface area contributed by atoms with E-state index in [1.54, 1.807) is 20.8 Å². The molecule has 2 nitrogen and oxygen atoms in total. The lowest BCUT2D eigenvalue weighted by Crippen LogP contribution is -2.48. The third-order valence-corrected chi connectivity index (χ3v) is 12.9. The van der Waals surface area contributed by atoms with Gasteiger partial charge < -0.3 is 4.74 Å². The standard InChI is InChI=1S/C29H39F5O2Si/c1-17(2)37(18(3)4,19(5)6)16-15-29(28(10,11)12,14-13-27(7,8)9)36-26(35)20-21(30)23(32)25(34)24(33)22(20)31/h17-19H,1-12H3/t29-/m0/s1. The Kier molecular flexibility index (Phi) is 9.90. The van der Waals surface area contributed by atoms with Crippen LogP contribution in [0.15, 0.2) is 0 Å². The molecular weight excluding hydrogens is 503 g/mol. The molecule has 0 fully saturated rings. The first-order valence-corrected chi connectivity index (χ1v) is 14.6. The third kappa shape index (κ3) is 6.58. The summed E-state index contributed by atoms with van der Waals surface area (Å²) in [6.07, 6.45) is 0. The van der Waals surface area contributed by atoms with Gasteiger partial charge >= 0.3 is 5.97 Å². The van der Waals surface area contributed by atoms with Crippen LogP contribution >= 0.6 is 0 Å². The second kappa shape index (κ2) is 11.2. The molecule has 0 radical (unpaired) electrons. The first-order chi connectivity index (χ1) is 16.6. The van der Waals surface area contributed by atoms with Crippen LogP contribution in [0.1, 0.15) is 93.4 Å². The first-order valence-electron chi connectivity index (χ1n) is 12.4. The molecule has 0 saturated heterocycles. The van der Waals surface area contributed by atoms with Gasteiger partial charge in [-0.2, -0.15) is 0 Å². The van der Waals surface area contributed by atoms with Gasteiger partial charge in [-0.1, -0.05) is 68.2 Å². The maximum absolute atomic E-state index is 14.5. The number of carbonyl (C=O) groups is 1. The lowest BCUT2D eigenvalue weighted by Gasteiger charge is -2.40. The van der Waals surface area contributed by atoms with Gasteiger partial charge in [-0.05, 0) is 49.2 Å². The molecule has 0 aromatic heterocycles. The smallest absolute Gasteiger partial charge is 0.346 e. The quantitative estimate of drug-likeness (QED) is 0.0930. The molecule has 0 aliphatic heterocycles. The van der Waals surface area contributed by atoms with Crippen molar-refractivity contribution in [1.82, 2.24) is 0 Å². The normalized spacial score (nSPS) is 14.2. The van der Waals surface area contributed by atoms with E-state index in [9.17, 15) is 26.7 Å². The highest BCUT2D eigenvalue weighted by Gasteiger charge is 2.48. The summed E-state index contributed by atoms with van der Waals surface area (Å²) in [6.45, 7) is 23.0. The largest absolute Gasteiger partial charge is 0.430 e. The van der Waals surface area contributed by atoms with E-state index < -0.39 is 65.1 Å². The van der Waals surface area contributed by atoms with Gasteiger partial charge in [-0.25, -0.2) is 26.7 Å². The van der Waals surface area contributed by atoms with E-state index in [1.165, 1.54) is 0 Å². The summed E-state index contributed by atoms with van der Waals surface area (Å²) < 4.78 is 76.0. The van der Waals surface area contributed by atoms with Crippen LogP contribution in [0.25, 0.3) is 0 Å². The maximum atomic E-state index is 14.5. The third-order valence-electron chi connectivity index (χ3n) is 6.65. The molecule has 37 heavy (non-hydrogen) atoms. The van der Waals surface area contributed by atoms with Crippen LogP contribution in [-0.2, 0) is 4.74 Å². The van der Waals surface area contributed by atoms with Crippen molar-refractivity contribution < 1.29 is 31.5 Å². The summed E-state index contributed by atoms with van der Waals surface area (Å²) in [4.78, 5) is 13.1. The molecule has 1 rings (SSSR count). The number of hydrogen-bond donors (Lipinski definition) is 0. The van der Waals surface area contributed by atoms with E-state index in [-0.39, 0.29) is 16.6 Å². The fourth-order valence-corrected chi connectivity index (χ4v) is 9.75. The van der Waals surface area contributed by atoms with Gasteiger partial charge in [0.25, 0.3) is 0 Å². The van der Waals surface area contributed by atoms with Crippen molar-refractivity contribution in [3.8, 4) is 23.3 Å². The van der Waals surface area contributed by atoms with Crippen LogP contribution in [-0.4, -0.2) is 19.6 Å². The maximum Gasteiger partial charge on any atom is 0.346 e. The molecule has 206 valence electrons. The summed E-state index contributed by atoms with van der Waals surface area (Å²) in [5.41, 5.74) is -1.11. The minimum atomic E-state index is -2.41. The van der Waals surface area contributed by atoms with Gasteiger partial charge in [0.05, 0.1) is 0 Å². The zero-order valence-corrected chi connectivity index (χ0v) is 24.9. The zero-order valence-electron chi connectivity index (χ0n) is 23.9. The molecule has 1 atom stereocenters. The van der Waals surface area contributed by atoms with E-state index >= 15 is 0 Å². The van der Waals surface area contributed by atoms with Crippen LogP contribution in [0.2, 0.25) is 16.6 Å². The van der Waals surface area contributed by atoms with Crippen molar-refractivity contribution in [3.05, 3.63) is 34.6 Å². The monoisotopic (exact) mass is 542 g/mol. The highest BCUT2D eigenvalue weighted by molar-refractivity contribution is 6.90. The Labute approximate surface area is 219 Å². The molecule has 0 amide bonds. The molecule has 0 N–H and O–H groups in total. The van der Waals surface area contributed by atoms with Crippen LogP contribution in [0.5, 0.6) is 0 Å².